The van der Waals surface area contributed by atoms with Gasteiger partial charge in [0.15, 0.2) is 0 Å². The quantitative estimate of drug-likeness (QED) is 0.560. The van der Waals surface area contributed by atoms with E-state index in [1.54, 1.807) is 0 Å². The number of nitrogens with one attached hydrogen (secondary N) is 1. The zero-order chi connectivity index (χ0) is 13.2. The third-order valence-electron chi connectivity index (χ3n) is 4.79. The summed E-state index contributed by atoms with van der Waals surface area (Å²) in [4.78, 5) is 0. The van der Waals surface area contributed by atoms with Gasteiger partial charge in [-0.25, -0.2) is 0 Å². The highest BCUT2D eigenvalue weighted by atomic mass is 14.9. The van der Waals surface area contributed by atoms with Crippen LogP contribution in [0.2, 0.25) is 0 Å². The fraction of sp³-hybridized carbons (Fsp3) is 1.00. The van der Waals surface area contributed by atoms with Crippen LogP contribution in [-0.4, -0.2) is 13.1 Å². The molecule has 3 atom stereocenters. The van der Waals surface area contributed by atoms with E-state index in [4.69, 9.17) is 0 Å². The van der Waals surface area contributed by atoms with Crippen LogP contribution in [0.4, 0.5) is 0 Å². The Hall–Kier alpha value is -0.0400. The van der Waals surface area contributed by atoms with Gasteiger partial charge >= 0.3 is 0 Å². The fourth-order valence-electron chi connectivity index (χ4n) is 3.61. The van der Waals surface area contributed by atoms with E-state index in [2.05, 4.69) is 26.2 Å². The van der Waals surface area contributed by atoms with Crippen LogP contribution in [0.5, 0.6) is 0 Å². The molecule has 0 bridgehead atoms. The summed E-state index contributed by atoms with van der Waals surface area (Å²) in [5.41, 5.74) is 0. The van der Waals surface area contributed by atoms with Crippen molar-refractivity contribution in [2.45, 2.75) is 90.5 Å². The Bertz CT molecular complexity index is 190. The van der Waals surface area contributed by atoms with Crippen LogP contribution in [0, 0.1) is 11.8 Å². The molecule has 1 nitrogen and oxygen atoms in total. The molecule has 1 aliphatic carbocycles. The molecule has 0 aromatic heterocycles. The van der Waals surface area contributed by atoms with Gasteiger partial charge in [-0.2, -0.15) is 0 Å². The smallest absolute Gasteiger partial charge is 0.00924 e. The highest BCUT2D eigenvalue weighted by Crippen LogP contribution is 2.32. The summed E-state index contributed by atoms with van der Waals surface area (Å²) in [5.74, 6) is 1.92. The minimum Gasteiger partial charge on any atom is -0.317 e. The Morgan fingerprint density at radius 1 is 1.06 bits per heavy atom. The van der Waals surface area contributed by atoms with Gasteiger partial charge < -0.3 is 5.32 Å². The van der Waals surface area contributed by atoms with Crippen molar-refractivity contribution >= 4 is 0 Å². The molecule has 3 unspecified atom stereocenters. The summed E-state index contributed by atoms with van der Waals surface area (Å²) in [6.07, 6.45) is 15.8. The minimum absolute atomic E-state index is 0.791. The van der Waals surface area contributed by atoms with E-state index in [0.717, 1.165) is 17.9 Å². The van der Waals surface area contributed by atoms with E-state index in [-0.39, 0.29) is 0 Å². The molecule has 1 fully saturated rings. The molecule has 18 heavy (non-hydrogen) atoms. The maximum atomic E-state index is 3.59. The predicted octanol–water partition coefficient (Wildman–Crippen LogP) is 5.15. The lowest BCUT2D eigenvalue weighted by molar-refractivity contribution is 0.218. The van der Waals surface area contributed by atoms with E-state index in [1.807, 2.05) is 0 Å². The predicted molar refractivity (Wildman–Crippen MR) is 82.0 cm³/mol. The average molecular weight is 253 g/mol. The topological polar surface area (TPSA) is 12.0 Å². The van der Waals surface area contributed by atoms with Crippen molar-refractivity contribution in [2.75, 3.05) is 7.05 Å². The number of hydrogen-bond acceptors (Lipinski definition) is 1. The van der Waals surface area contributed by atoms with E-state index < -0.39 is 0 Å². The molecular formula is C17H35N. The molecule has 0 aromatic rings. The lowest BCUT2D eigenvalue weighted by Crippen LogP contribution is -2.36. The molecular weight excluding hydrogens is 218 g/mol. The summed E-state index contributed by atoms with van der Waals surface area (Å²) in [6.45, 7) is 4.73. The van der Waals surface area contributed by atoms with Crippen LogP contribution in [0.25, 0.3) is 0 Å². The molecule has 0 aromatic carbocycles. The van der Waals surface area contributed by atoms with Crippen molar-refractivity contribution in [1.29, 1.82) is 0 Å². The normalized spacial score (nSPS) is 26.2. The Kier molecular flexibility index (Phi) is 8.75. The van der Waals surface area contributed by atoms with Gasteiger partial charge in [0.25, 0.3) is 0 Å². The maximum Gasteiger partial charge on any atom is 0.00924 e. The molecule has 0 heterocycles. The first kappa shape index (κ1) is 16.0. The van der Waals surface area contributed by atoms with E-state index in [9.17, 15) is 0 Å². The number of rotatable bonds is 9. The monoisotopic (exact) mass is 253 g/mol. The zero-order valence-corrected chi connectivity index (χ0v) is 13.0. The second-order valence-corrected chi connectivity index (χ2v) is 6.48. The summed E-state index contributed by atoms with van der Waals surface area (Å²) in [6, 6.07) is 0.791. The van der Waals surface area contributed by atoms with E-state index >= 15 is 0 Å². The number of unbranched alkanes of at least 4 members (excludes halogenated alkanes) is 5. The van der Waals surface area contributed by atoms with Gasteiger partial charge in [0.05, 0.1) is 0 Å². The fourth-order valence-corrected chi connectivity index (χ4v) is 3.61. The van der Waals surface area contributed by atoms with Crippen LogP contribution in [-0.2, 0) is 0 Å². The SMILES string of the molecule is CCCCCCCCC(NC)C1CCCC(C)C1. The van der Waals surface area contributed by atoms with Crippen LogP contribution in [0.15, 0.2) is 0 Å². The lowest BCUT2D eigenvalue weighted by Gasteiger charge is -2.33. The van der Waals surface area contributed by atoms with Gasteiger partial charge in [0.1, 0.15) is 0 Å². The first-order valence-corrected chi connectivity index (χ1v) is 8.45. The van der Waals surface area contributed by atoms with Crippen LogP contribution in [0.1, 0.15) is 84.5 Å². The first-order valence-electron chi connectivity index (χ1n) is 8.45. The molecule has 108 valence electrons. The summed E-state index contributed by atoms with van der Waals surface area (Å²) < 4.78 is 0. The van der Waals surface area contributed by atoms with Crippen molar-refractivity contribution in [3.8, 4) is 0 Å². The van der Waals surface area contributed by atoms with Gasteiger partial charge in [-0.3, -0.25) is 0 Å². The average Bonchev–Trinajstić information content (AvgIpc) is 2.38. The zero-order valence-electron chi connectivity index (χ0n) is 13.0. The van der Waals surface area contributed by atoms with Crippen molar-refractivity contribution in [1.82, 2.24) is 5.32 Å². The molecule has 1 rings (SSSR count). The van der Waals surface area contributed by atoms with E-state index in [1.165, 1.54) is 70.6 Å². The van der Waals surface area contributed by atoms with Gasteiger partial charge in [-0.1, -0.05) is 65.2 Å². The Morgan fingerprint density at radius 3 is 2.44 bits per heavy atom. The van der Waals surface area contributed by atoms with Gasteiger partial charge in [-0.15, -0.1) is 0 Å². The largest absolute Gasteiger partial charge is 0.317 e. The molecule has 0 saturated heterocycles. The van der Waals surface area contributed by atoms with Crippen LogP contribution >= 0.6 is 0 Å². The second kappa shape index (κ2) is 9.83. The standard InChI is InChI=1S/C17H35N/c1-4-5-6-7-8-9-13-17(18-3)16-12-10-11-15(2)14-16/h15-18H,4-14H2,1-3H3. The molecule has 0 radical (unpaired) electrons. The summed E-state index contributed by atoms with van der Waals surface area (Å²) in [7, 11) is 2.17. The Balaban J connectivity index is 2.12. The Morgan fingerprint density at radius 2 is 1.78 bits per heavy atom. The summed E-state index contributed by atoms with van der Waals surface area (Å²) >= 11 is 0. The Labute approximate surface area is 115 Å². The maximum absolute atomic E-state index is 3.59. The van der Waals surface area contributed by atoms with Crippen LogP contribution in [0.3, 0.4) is 0 Å². The molecule has 1 saturated carbocycles. The highest BCUT2D eigenvalue weighted by molar-refractivity contribution is 4.80. The number of hydrogen-bond donors (Lipinski definition) is 1. The molecule has 1 heteroatoms. The highest BCUT2D eigenvalue weighted by Gasteiger charge is 2.25. The van der Waals surface area contributed by atoms with Gasteiger partial charge in [0.2, 0.25) is 0 Å². The molecule has 1 N–H and O–H groups in total. The summed E-state index contributed by atoms with van der Waals surface area (Å²) in [5, 5.41) is 3.59. The van der Waals surface area contributed by atoms with Crippen molar-refractivity contribution in [3.05, 3.63) is 0 Å². The third kappa shape index (κ3) is 6.22. The molecule has 0 spiro atoms. The molecule has 1 aliphatic rings. The van der Waals surface area contributed by atoms with Crippen LogP contribution < -0.4 is 5.32 Å². The first-order chi connectivity index (χ1) is 8.77. The lowest BCUT2D eigenvalue weighted by atomic mass is 9.77. The van der Waals surface area contributed by atoms with Crippen molar-refractivity contribution in [3.63, 3.8) is 0 Å². The van der Waals surface area contributed by atoms with E-state index in [0.29, 0.717) is 0 Å². The van der Waals surface area contributed by atoms with Gasteiger partial charge in [-0.05, 0) is 38.1 Å². The molecule has 0 aliphatic heterocycles. The van der Waals surface area contributed by atoms with Gasteiger partial charge in [0, 0.05) is 6.04 Å². The minimum atomic E-state index is 0.791. The third-order valence-corrected chi connectivity index (χ3v) is 4.79. The second-order valence-electron chi connectivity index (χ2n) is 6.48. The van der Waals surface area contributed by atoms with Crippen molar-refractivity contribution in [2.24, 2.45) is 11.8 Å². The van der Waals surface area contributed by atoms with Crippen molar-refractivity contribution < 1.29 is 0 Å². The molecule has 0 amide bonds.